The Balaban J connectivity index is 1.61. The number of amides is 2. The molecule has 0 spiro atoms. The zero-order valence-electron chi connectivity index (χ0n) is 15.8. The van der Waals surface area contributed by atoms with Crippen molar-refractivity contribution in [1.82, 2.24) is 4.90 Å². The standard InChI is InChI=1S/C22H24N2O4/c1-15(22(27)28)16-9-11-19(12-10-16)23-20(25)18-8-5-13-24(14-18)21(26)17-6-3-2-4-7-17/h2-4,6-7,9-12,15,18H,5,8,13-14H2,1H3,(H,23,25)(H,27,28). The molecule has 2 N–H and O–H groups in total. The Morgan fingerprint density at radius 2 is 1.75 bits per heavy atom. The zero-order chi connectivity index (χ0) is 20.1. The highest BCUT2D eigenvalue weighted by Gasteiger charge is 2.29. The lowest BCUT2D eigenvalue weighted by atomic mass is 9.96. The number of nitrogens with one attached hydrogen (secondary N) is 1. The Morgan fingerprint density at radius 3 is 2.39 bits per heavy atom. The quantitative estimate of drug-likeness (QED) is 0.833. The van der Waals surface area contributed by atoms with Crippen LogP contribution in [-0.4, -0.2) is 40.9 Å². The molecule has 0 bridgehead atoms. The Kier molecular flexibility index (Phi) is 6.09. The monoisotopic (exact) mass is 380 g/mol. The SMILES string of the molecule is CC(C(=O)O)c1ccc(NC(=O)C2CCCN(C(=O)c3ccccc3)C2)cc1. The smallest absolute Gasteiger partial charge is 0.310 e. The highest BCUT2D eigenvalue weighted by Crippen LogP contribution is 2.22. The fourth-order valence-electron chi connectivity index (χ4n) is 3.38. The minimum Gasteiger partial charge on any atom is -0.481 e. The van der Waals surface area contributed by atoms with Crippen molar-refractivity contribution in [1.29, 1.82) is 0 Å². The minimum absolute atomic E-state index is 0.0508. The number of hydrogen-bond donors (Lipinski definition) is 2. The highest BCUT2D eigenvalue weighted by molar-refractivity contribution is 5.96. The fourth-order valence-corrected chi connectivity index (χ4v) is 3.38. The van der Waals surface area contributed by atoms with Crippen molar-refractivity contribution in [3.63, 3.8) is 0 Å². The van der Waals surface area contributed by atoms with Gasteiger partial charge < -0.3 is 15.3 Å². The van der Waals surface area contributed by atoms with Crippen LogP contribution >= 0.6 is 0 Å². The molecule has 6 heteroatoms. The van der Waals surface area contributed by atoms with E-state index >= 15 is 0 Å². The molecule has 0 aliphatic carbocycles. The van der Waals surface area contributed by atoms with E-state index in [4.69, 9.17) is 5.11 Å². The molecule has 28 heavy (non-hydrogen) atoms. The number of carbonyl (C=O) groups excluding carboxylic acids is 2. The Labute approximate surface area is 164 Å². The number of carboxylic acids is 1. The molecule has 3 rings (SSSR count). The predicted octanol–water partition coefficient (Wildman–Crippen LogP) is 3.37. The second-order valence-corrected chi connectivity index (χ2v) is 7.13. The molecule has 1 saturated heterocycles. The molecular weight excluding hydrogens is 356 g/mol. The van der Waals surface area contributed by atoms with Crippen molar-refractivity contribution >= 4 is 23.5 Å². The van der Waals surface area contributed by atoms with Gasteiger partial charge in [-0.15, -0.1) is 0 Å². The lowest BCUT2D eigenvalue weighted by molar-refractivity contribution is -0.138. The van der Waals surface area contributed by atoms with Gasteiger partial charge in [0.15, 0.2) is 0 Å². The van der Waals surface area contributed by atoms with E-state index in [0.717, 1.165) is 12.8 Å². The average Bonchev–Trinajstić information content (AvgIpc) is 2.74. The summed E-state index contributed by atoms with van der Waals surface area (Å²) in [6, 6.07) is 15.9. The fraction of sp³-hybridized carbons (Fsp3) is 0.318. The van der Waals surface area contributed by atoms with Crippen LogP contribution in [0.2, 0.25) is 0 Å². The molecule has 1 aliphatic heterocycles. The van der Waals surface area contributed by atoms with Gasteiger partial charge in [0.05, 0.1) is 11.8 Å². The van der Waals surface area contributed by atoms with Crippen LogP contribution in [0.25, 0.3) is 0 Å². The molecule has 1 heterocycles. The van der Waals surface area contributed by atoms with E-state index in [1.807, 2.05) is 18.2 Å². The summed E-state index contributed by atoms with van der Waals surface area (Å²) in [7, 11) is 0. The van der Waals surface area contributed by atoms with Crippen LogP contribution < -0.4 is 5.32 Å². The molecule has 1 fully saturated rings. The number of aliphatic carboxylic acids is 1. The number of carbonyl (C=O) groups is 3. The Hall–Kier alpha value is -3.15. The predicted molar refractivity (Wildman–Crippen MR) is 106 cm³/mol. The molecule has 2 atom stereocenters. The molecule has 0 saturated carbocycles. The van der Waals surface area contributed by atoms with Crippen molar-refractivity contribution in [3.8, 4) is 0 Å². The molecule has 2 amide bonds. The topological polar surface area (TPSA) is 86.7 Å². The summed E-state index contributed by atoms with van der Waals surface area (Å²) in [4.78, 5) is 38.1. The van der Waals surface area contributed by atoms with Crippen LogP contribution in [0.15, 0.2) is 54.6 Å². The van der Waals surface area contributed by atoms with Gasteiger partial charge in [0, 0.05) is 24.3 Å². The lowest BCUT2D eigenvalue weighted by Gasteiger charge is -2.32. The summed E-state index contributed by atoms with van der Waals surface area (Å²) in [5.41, 5.74) is 1.94. The van der Waals surface area contributed by atoms with Gasteiger partial charge in [-0.3, -0.25) is 14.4 Å². The Morgan fingerprint density at radius 1 is 1.07 bits per heavy atom. The van der Waals surface area contributed by atoms with Gasteiger partial charge in [-0.05, 0) is 49.6 Å². The van der Waals surface area contributed by atoms with E-state index in [1.54, 1.807) is 48.2 Å². The van der Waals surface area contributed by atoms with Crippen molar-refractivity contribution in [2.75, 3.05) is 18.4 Å². The molecule has 6 nitrogen and oxygen atoms in total. The summed E-state index contributed by atoms with van der Waals surface area (Å²) >= 11 is 0. The van der Waals surface area contributed by atoms with E-state index in [-0.39, 0.29) is 17.7 Å². The largest absolute Gasteiger partial charge is 0.481 e. The maximum atomic E-state index is 12.7. The summed E-state index contributed by atoms with van der Waals surface area (Å²) in [6.07, 6.45) is 1.52. The second kappa shape index (κ2) is 8.69. The van der Waals surface area contributed by atoms with E-state index in [9.17, 15) is 14.4 Å². The van der Waals surface area contributed by atoms with E-state index in [2.05, 4.69) is 5.32 Å². The second-order valence-electron chi connectivity index (χ2n) is 7.13. The molecular formula is C22H24N2O4. The highest BCUT2D eigenvalue weighted by atomic mass is 16.4. The summed E-state index contributed by atoms with van der Waals surface area (Å²) in [6.45, 7) is 2.67. The third-order valence-electron chi connectivity index (χ3n) is 5.15. The van der Waals surface area contributed by atoms with Gasteiger partial charge in [0.2, 0.25) is 5.91 Å². The molecule has 2 aromatic carbocycles. The van der Waals surface area contributed by atoms with Gasteiger partial charge in [0.25, 0.3) is 5.91 Å². The molecule has 1 aliphatic rings. The third kappa shape index (κ3) is 4.57. The maximum absolute atomic E-state index is 12.7. The summed E-state index contributed by atoms with van der Waals surface area (Å²) < 4.78 is 0. The first kappa shape index (κ1) is 19.6. The first-order valence-corrected chi connectivity index (χ1v) is 9.43. The van der Waals surface area contributed by atoms with Gasteiger partial charge >= 0.3 is 5.97 Å². The third-order valence-corrected chi connectivity index (χ3v) is 5.15. The van der Waals surface area contributed by atoms with Crippen LogP contribution in [0.3, 0.4) is 0 Å². The maximum Gasteiger partial charge on any atom is 0.310 e. The van der Waals surface area contributed by atoms with Crippen LogP contribution in [0.5, 0.6) is 0 Å². The van der Waals surface area contributed by atoms with Gasteiger partial charge in [-0.2, -0.15) is 0 Å². The van der Waals surface area contributed by atoms with E-state index in [0.29, 0.717) is 29.9 Å². The summed E-state index contributed by atoms with van der Waals surface area (Å²) in [5, 5.41) is 12.0. The number of carboxylic acid groups (broad SMARTS) is 1. The molecule has 0 radical (unpaired) electrons. The van der Waals surface area contributed by atoms with Crippen LogP contribution in [0, 0.1) is 5.92 Å². The zero-order valence-corrected chi connectivity index (χ0v) is 15.8. The minimum atomic E-state index is -0.887. The van der Waals surface area contributed by atoms with Crippen molar-refractivity contribution < 1.29 is 19.5 Å². The van der Waals surface area contributed by atoms with E-state index < -0.39 is 11.9 Å². The molecule has 0 aromatic heterocycles. The Bertz CT molecular complexity index is 849. The first-order valence-electron chi connectivity index (χ1n) is 9.43. The first-order chi connectivity index (χ1) is 13.5. The number of hydrogen-bond acceptors (Lipinski definition) is 3. The number of rotatable bonds is 5. The van der Waals surface area contributed by atoms with Gasteiger partial charge in [0.1, 0.15) is 0 Å². The lowest BCUT2D eigenvalue weighted by Crippen LogP contribution is -2.43. The van der Waals surface area contributed by atoms with E-state index in [1.165, 1.54) is 0 Å². The number of benzene rings is 2. The number of nitrogens with zero attached hydrogens (tertiary/aromatic N) is 1. The number of piperidine rings is 1. The van der Waals surface area contributed by atoms with Gasteiger partial charge in [-0.25, -0.2) is 0 Å². The molecule has 146 valence electrons. The summed E-state index contributed by atoms with van der Waals surface area (Å²) in [5.74, 6) is -1.92. The van der Waals surface area contributed by atoms with Crippen molar-refractivity contribution in [3.05, 3.63) is 65.7 Å². The molecule has 2 unspecified atom stereocenters. The van der Waals surface area contributed by atoms with Gasteiger partial charge in [-0.1, -0.05) is 30.3 Å². The van der Waals surface area contributed by atoms with Crippen LogP contribution in [0.4, 0.5) is 5.69 Å². The van der Waals surface area contributed by atoms with Crippen LogP contribution in [0.1, 0.15) is 41.6 Å². The van der Waals surface area contributed by atoms with Crippen molar-refractivity contribution in [2.45, 2.75) is 25.7 Å². The van der Waals surface area contributed by atoms with Crippen LogP contribution in [-0.2, 0) is 9.59 Å². The average molecular weight is 380 g/mol. The van der Waals surface area contributed by atoms with Crippen molar-refractivity contribution in [2.24, 2.45) is 5.92 Å². The normalized spacial score (nSPS) is 17.6. The molecule has 2 aromatic rings. The number of anilines is 1. The number of likely N-dealkylation sites (tertiary alicyclic amines) is 1.